The minimum atomic E-state index is 0.587. The standard InChI is InChI=1S/C21H17NO/c1-16-18(11-13-20-12-10-17(15-23)14-22-20)8-5-9-21(16)19-6-3-2-4-7-19/h2-15H,1H3. The molecule has 2 heteroatoms. The molecule has 0 aliphatic rings. The van der Waals surface area contributed by atoms with Gasteiger partial charge in [-0.2, -0.15) is 0 Å². The monoisotopic (exact) mass is 299 g/mol. The van der Waals surface area contributed by atoms with Gasteiger partial charge in [0.1, 0.15) is 0 Å². The normalized spacial score (nSPS) is 10.8. The van der Waals surface area contributed by atoms with Crippen LogP contribution in [0.5, 0.6) is 0 Å². The molecule has 112 valence electrons. The number of hydrogen-bond donors (Lipinski definition) is 0. The zero-order valence-electron chi connectivity index (χ0n) is 12.9. The van der Waals surface area contributed by atoms with Gasteiger partial charge in [0.25, 0.3) is 0 Å². The van der Waals surface area contributed by atoms with Crippen molar-refractivity contribution in [3.63, 3.8) is 0 Å². The fourth-order valence-corrected chi connectivity index (χ4v) is 2.52. The third-order valence-corrected chi connectivity index (χ3v) is 3.84. The fourth-order valence-electron chi connectivity index (χ4n) is 2.52. The smallest absolute Gasteiger partial charge is 0.151 e. The van der Waals surface area contributed by atoms with Gasteiger partial charge < -0.3 is 0 Å². The Morgan fingerprint density at radius 1 is 0.870 bits per heavy atom. The number of pyridine rings is 1. The third kappa shape index (κ3) is 3.43. The Morgan fingerprint density at radius 2 is 1.70 bits per heavy atom. The van der Waals surface area contributed by atoms with Gasteiger partial charge in [-0.25, -0.2) is 0 Å². The molecule has 0 spiro atoms. The first-order chi connectivity index (χ1) is 11.3. The van der Waals surface area contributed by atoms with Crippen molar-refractivity contribution >= 4 is 18.4 Å². The van der Waals surface area contributed by atoms with Gasteiger partial charge in [-0.05, 0) is 47.4 Å². The van der Waals surface area contributed by atoms with Gasteiger partial charge in [-0.15, -0.1) is 0 Å². The predicted molar refractivity (Wildman–Crippen MR) is 95.2 cm³/mol. The largest absolute Gasteiger partial charge is 0.298 e. The number of hydrogen-bond acceptors (Lipinski definition) is 2. The summed E-state index contributed by atoms with van der Waals surface area (Å²) in [5, 5.41) is 0. The molecule has 0 atom stereocenters. The van der Waals surface area contributed by atoms with Crippen molar-refractivity contribution in [1.29, 1.82) is 0 Å². The van der Waals surface area contributed by atoms with Gasteiger partial charge in [0, 0.05) is 11.8 Å². The van der Waals surface area contributed by atoms with Crippen LogP contribution in [-0.4, -0.2) is 11.3 Å². The van der Waals surface area contributed by atoms with E-state index in [1.165, 1.54) is 16.7 Å². The minimum Gasteiger partial charge on any atom is -0.298 e. The lowest BCUT2D eigenvalue weighted by Crippen LogP contribution is -1.88. The van der Waals surface area contributed by atoms with Crippen LogP contribution < -0.4 is 0 Å². The van der Waals surface area contributed by atoms with E-state index in [0.29, 0.717) is 5.56 Å². The topological polar surface area (TPSA) is 30.0 Å². The summed E-state index contributed by atoms with van der Waals surface area (Å²) in [5.74, 6) is 0. The van der Waals surface area contributed by atoms with Gasteiger partial charge in [0.15, 0.2) is 6.29 Å². The van der Waals surface area contributed by atoms with E-state index in [1.807, 2.05) is 18.2 Å². The van der Waals surface area contributed by atoms with E-state index < -0.39 is 0 Å². The highest BCUT2D eigenvalue weighted by atomic mass is 16.1. The van der Waals surface area contributed by atoms with Crippen LogP contribution in [0.25, 0.3) is 23.3 Å². The molecule has 0 saturated heterocycles. The van der Waals surface area contributed by atoms with Gasteiger partial charge >= 0.3 is 0 Å². The Morgan fingerprint density at radius 3 is 2.39 bits per heavy atom. The Hall–Kier alpha value is -3.00. The van der Waals surface area contributed by atoms with E-state index in [2.05, 4.69) is 60.4 Å². The molecule has 0 saturated carbocycles. The number of benzene rings is 2. The molecule has 1 heterocycles. The average molecular weight is 299 g/mol. The molecular weight excluding hydrogens is 282 g/mol. The van der Waals surface area contributed by atoms with Crippen LogP contribution in [0.4, 0.5) is 0 Å². The second-order valence-electron chi connectivity index (χ2n) is 5.35. The van der Waals surface area contributed by atoms with Crippen LogP contribution in [-0.2, 0) is 0 Å². The van der Waals surface area contributed by atoms with Crippen molar-refractivity contribution < 1.29 is 4.79 Å². The molecule has 0 aliphatic carbocycles. The van der Waals surface area contributed by atoms with E-state index in [4.69, 9.17) is 0 Å². The maximum atomic E-state index is 10.7. The Kier molecular flexibility index (Phi) is 4.44. The van der Waals surface area contributed by atoms with Gasteiger partial charge in [0.05, 0.1) is 5.69 Å². The lowest BCUT2D eigenvalue weighted by Gasteiger charge is -2.09. The first-order valence-corrected chi connectivity index (χ1v) is 7.52. The highest BCUT2D eigenvalue weighted by Crippen LogP contribution is 2.26. The van der Waals surface area contributed by atoms with E-state index >= 15 is 0 Å². The molecule has 0 bridgehead atoms. The number of aromatic nitrogens is 1. The van der Waals surface area contributed by atoms with Gasteiger partial charge in [-0.1, -0.05) is 54.6 Å². The third-order valence-electron chi connectivity index (χ3n) is 3.84. The molecular formula is C21H17NO. The molecule has 23 heavy (non-hydrogen) atoms. The van der Waals surface area contributed by atoms with E-state index in [1.54, 1.807) is 12.3 Å². The van der Waals surface area contributed by atoms with Crippen molar-refractivity contribution in [1.82, 2.24) is 4.98 Å². The highest BCUT2D eigenvalue weighted by Gasteiger charge is 2.03. The number of aldehydes is 1. The van der Waals surface area contributed by atoms with E-state index in [-0.39, 0.29) is 0 Å². The Balaban J connectivity index is 1.91. The fraction of sp³-hybridized carbons (Fsp3) is 0.0476. The second-order valence-corrected chi connectivity index (χ2v) is 5.35. The van der Waals surface area contributed by atoms with Crippen LogP contribution in [0.1, 0.15) is 27.2 Å². The van der Waals surface area contributed by atoms with Crippen LogP contribution >= 0.6 is 0 Å². The summed E-state index contributed by atoms with van der Waals surface area (Å²) in [7, 11) is 0. The van der Waals surface area contributed by atoms with Crippen LogP contribution in [0.2, 0.25) is 0 Å². The van der Waals surface area contributed by atoms with Crippen molar-refractivity contribution in [2.75, 3.05) is 0 Å². The summed E-state index contributed by atoms with van der Waals surface area (Å²) in [6.45, 7) is 2.13. The first-order valence-electron chi connectivity index (χ1n) is 7.52. The van der Waals surface area contributed by atoms with Crippen molar-refractivity contribution in [3.8, 4) is 11.1 Å². The summed E-state index contributed by atoms with van der Waals surface area (Å²) in [6, 6.07) is 20.3. The summed E-state index contributed by atoms with van der Waals surface area (Å²) in [6.07, 6.45) is 6.41. The number of nitrogens with zero attached hydrogens (tertiary/aromatic N) is 1. The summed E-state index contributed by atoms with van der Waals surface area (Å²) in [5.41, 5.74) is 6.27. The first kappa shape index (κ1) is 14.9. The highest BCUT2D eigenvalue weighted by molar-refractivity contribution is 5.78. The number of carbonyl (C=O) groups is 1. The maximum absolute atomic E-state index is 10.7. The van der Waals surface area contributed by atoms with Crippen LogP contribution in [0, 0.1) is 6.92 Å². The van der Waals surface area contributed by atoms with Crippen molar-refractivity contribution in [2.45, 2.75) is 6.92 Å². The summed E-state index contributed by atoms with van der Waals surface area (Å²) in [4.78, 5) is 14.9. The SMILES string of the molecule is Cc1c(C=Cc2ccc(C=O)cn2)cccc1-c1ccccc1. The van der Waals surface area contributed by atoms with Gasteiger partial charge in [0.2, 0.25) is 0 Å². The molecule has 0 fully saturated rings. The molecule has 3 aromatic rings. The number of rotatable bonds is 4. The Labute approximate surface area is 136 Å². The van der Waals surface area contributed by atoms with Crippen LogP contribution in [0.3, 0.4) is 0 Å². The predicted octanol–water partition coefficient (Wildman–Crippen LogP) is 5.04. The zero-order valence-corrected chi connectivity index (χ0v) is 12.9. The second kappa shape index (κ2) is 6.84. The molecule has 3 rings (SSSR count). The maximum Gasteiger partial charge on any atom is 0.151 e. The number of carbonyl (C=O) groups excluding carboxylic acids is 1. The molecule has 0 unspecified atom stereocenters. The average Bonchev–Trinajstić information content (AvgIpc) is 2.62. The minimum absolute atomic E-state index is 0.587. The molecule has 0 amide bonds. The van der Waals surface area contributed by atoms with Crippen LogP contribution in [0.15, 0.2) is 66.9 Å². The quantitative estimate of drug-likeness (QED) is 0.632. The Bertz CT molecular complexity index is 833. The van der Waals surface area contributed by atoms with E-state index in [9.17, 15) is 4.79 Å². The lowest BCUT2D eigenvalue weighted by atomic mass is 9.96. The lowest BCUT2D eigenvalue weighted by molar-refractivity contribution is 0.112. The molecule has 2 aromatic carbocycles. The van der Waals surface area contributed by atoms with Crippen molar-refractivity contribution in [2.24, 2.45) is 0 Å². The molecule has 2 nitrogen and oxygen atoms in total. The zero-order chi connectivity index (χ0) is 16.1. The molecule has 0 N–H and O–H groups in total. The molecule has 1 aromatic heterocycles. The molecule has 0 aliphatic heterocycles. The van der Waals surface area contributed by atoms with E-state index in [0.717, 1.165) is 17.5 Å². The summed E-state index contributed by atoms with van der Waals surface area (Å²) < 4.78 is 0. The molecule has 0 radical (unpaired) electrons. The van der Waals surface area contributed by atoms with Crippen molar-refractivity contribution in [3.05, 3.63) is 89.2 Å². The summed E-state index contributed by atoms with van der Waals surface area (Å²) >= 11 is 0. The van der Waals surface area contributed by atoms with Gasteiger partial charge in [-0.3, -0.25) is 9.78 Å².